The van der Waals surface area contributed by atoms with Crippen molar-refractivity contribution in [2.75, 3.05) is 25.4 Å². The highest BCUT2D eigenvalue weighted by atomic mass is 32.2. The molecule has 1 saturated heterocycles. The highest BCUT2D eigenvalue weighted by Gasteiger charge is 2.28. The van der Waals surface area contributed by atoms with Gasteiger partial charge in [-0.15, -0.1) is 0 Å². The molecular weight excluding hydrogens is 288 g/mol. The molecule has 0 aromatic rings. The molecule has 2 fully saturated rings. The maximum Gasteiger partial charge on any atom is 0.221 e. The number of piperidine rings is 1. The third-order valence-electron chi connectivity index (χ3n) is 4.70. The van der Waals surface area contributed by atoms with Crippen molar-refractivity contribution in [3.05, 3.63) is 0 Å². The maximum atomic E-state index is 12.1. The molecule has 0 spiro atoms. The summed E-state index contributed by atoms with van der Waals surface area (Å²) in [5.74, 6) is 0.524. The van der Waals surface area contributed by atoms with E-state index in [0.717, 1.165) is 45.2 Å². The number of hydrogen-bond acceptors (Lipinski definition) is 4. The van der Waals surface area contributed by atoms with Crippen molar-refractivity contribution < 1.29 is 13.2 Å². The summed E-state index contributed by atoms with van der Waals surface area (Å²) >= 11 is 0. The molecule has 1 unspecified atom stereocenters. The fraction of sp³-hybridized carbons (Fsp3) is 0.933. The molecule has 1 aliphatic heterocycles. The van der Waals surface area contributed by atoms with Crippen LogP contribution in [0, 0.1) is 5.92 Å². The zero-order valence-corrected chi connectivity index (χ0v) is 13.6. The Morgan fingerprint density at radius 3 is 2.57 bits per heavy atom. The quantitative estimate of drug-likeness (QED) is 0.741. The molecule has 2 aliphatic rings. The Morgan fingerprint density at radius 1 is 1.14 bits per heavy atom. The van der Waals surface area contributed by atoms with Gasteiger partial charge in [-0.25, -0.2) is 8.42 Å². The van der Waals surface area contributed by atoms with Gasteiger partial charge < -0.3 is 10.6 Å². The van der Waals surface area contributed by atoms with E-state index in [4.69, 9.17) is 0 Å². The van der Waals surface area contributed by atoms with E-state index < -0.39 is 9.84 Å². The average Bonchev–Trinajstić information content (AvgIpc) is 3.01. The van der Waals surface area contributed by atoms with Gasteiger partial charge in [0.25, 0.3) is 0 Å². The van der Waals surface area contributed by atoms with Gasteiger partial charge in [-0.1, -0.05) is 12.8 Å². The van der Waals surface area contributed by atoms with Crippen molar-refractivity contribution in [2.45, 2.75) is 56.6 Å². The fourth-order valence-electron chi connectivity index (χ4n) is 3.32. The second-order valence-corrected chi connectivity index (χ2v) is 8.78. The number of nitrogens with one attached hydrogen (secondary N) is 2. The van der Waals surface area contributed by atoms with E-state index in [2.05, 4.69) is 10.6 Å². The molecule has 0 aromatic carbocycles. The summed E-state index contributed by atoms with van der Waals surface area (Å²) in [4.78, 5) is 11.8. The van der Waals surface area contributed by atoms with E-state index in [-0.39, 0.29) is 23.3 Å². The van der Waals surface area contributed by atoms with Gasteiger partial charge in [0.2, 0.25) is 5.91 Å². The molecule has 1 saturated carbocycles. The molecule has 6 heteroatoms. The highest BCUT2D eigenvalue weighted by Crippen LogP contribution is 2.25. The first kappa shape index (κ1) is 16.7. The normalized spacial score (nSPS) is 24.1. The van der Waals surface area contributed by atoms with Crippen LogP contribution in [-0.2, 0) is 14.6 Å². The minimum atomic E-state index is -3.07. The summed E-state index contributed by atoms with van der Waals surface area (Å²) < 4.78 is 24.1. The van der Waals surface area contributed by atoms with Gasteiger partial charge >= 0.3 is 0 Å². The molecule has 1 amide bonds. The number of amides is 1. The van der Waals surface area contributed by atoms with E-state index in [0.29, 0.717) is 12.5 Å². The van der Waals surface area contributed by atoms with E-state index in [1.54, 1.807) is 0 Å². The Labute approximate surface area is 128 Å². The Kier molecular flexibility index (Phi) is 6.48. The Balaban J connectivity index is 1.60. The summed E-state index contributed by atoms with van der Waals surface area (Å²) in [6, 6.07) is 0. The van der Waals surface area contributed by atoms with Crippen LogP contribution in [0.2, 0.25) is 0 Å². The van der Waals surface area contributed by atoms with Crippen LogP contribution in [-0.4, -0.2) is 45.0 Å². The number of sulfone groups is 1. The summed E-state index contributed by atoms with van der Waals surface area (Å²) in [6.45, 7) is 2.79. The molecule has 1 aliphatic carbocycles. The zero-order valence-electron chi connectivity index (χ0n) is 12.8. The van der Waals surface area contributed by atoms with Gasteiger partial charge in [-0.3, -0.25) is 4.79 Å². The average molecular weight is 316 g/mol. The van der Waals surface area contributed by atoms with Gasteiger partial charge in [-0.2, -0.15) is 0 Å². The van der Waals surface area contributed by atoms with Gasteiger partial charge in [0.15, 0.2) is 9.84 Å². The topological polar surface area (TPSA) is 75.3 Å². The van der Waals surface area contributed by atoms with Crippen LogP contribution in [0.3, 0.4) is 0 Å². The SMILES string of the molecule is O=C(CCS(=O)(=O)C1CCCC1)NCCC1CCCNC1. The molecule has 1 atom stereocenters. The second kappa shape index (κ2) is 8.13. The number of carbonyl (C=O) groups excluding carboxylic acids is 1. The van der Waals surface area contributed by atoms with Crippen LogP contribution in [0.25, 0.3) is 0 Å². The lowest BCUT2D eigenvalue weighted by atomic mass is 9.96. The fourth-order valence-corrected chi connectivity index (χ4v) is 5.18. The Hall–Kier alpha value is -0.620. The third kappa shape index (κ3) is 5.58. The van der Waals surface area contributed by atoms with Crippen molar-refractivity contribution >= 4 is 15.7 Å². The minimum absolute atomic E-state index is 0.00842. The van der Waals surface area contributed by atoms with E-state index in [1.165, 1.54) is 12.8 Å². The number of hydrogen-bond donors (Lipinski definition) is 2. The molecule has 0 aromatic heterocycles. The second-order valence-electron chi connectivity index (χ2n) is 6.37. The van der Waals surface area contributed by atoms with Crippen molar-refractivity contribution in [3.8, 4) is 0 Å². The van der Waals surface area contributed by atoms with Gasteiger partial charge in [0.05, 0.1) is 11.0 Å². The standard InChI is InChI=1S/C15H28N2O3S/c18-15(17-10-7-13-4-3-9-16-12-13)8-11-21(19,20)14-5-1-2-6-14/h13-14,16H,1-12H2,(H,17,18). The van der Waals surface area contributed by atoms with Crippen molar-refractivity contribution in [1.29, 1.82) is 0 Å². The zero-order chi connectivity index (χ0) is 15.1. The molecule has 21 heavy (non-hydrogen) atoms. The summed E-state index contributed by atoms with van der Waals surface area (Å²) in [7, 11) is -3.07. The van der Waals surface area contributed by atoms with Crippen molar-refractivity contribution in [1.82, 2.24) is 10.6 Å². The lowest BCUT2D eigenvalue weighted by Gasteiger charge is -2.22. The van der Waals surface area contributed by atoms with Crippen molar-refractivity contribution in [2.24, 2.45) is 5.92 Å². The lowest BCUT2D eigenvalue weighted by molar-refractivity contribution is -0.120. The highest BCUT2D eigenvalue weighted by molar-refractivity contribution is 7.92. The predicted octanol–water partition coefficient (Wildman–Crippen LogP) is 1.24. The molecule has 0 radical (unpaired) electrons. The predicted molar refractivity (Wildman–Crippen MR) is 83.9 cm³/mol. The molecule has 2 N–H and O–H groups in total. The molecule has 2 rings (SSSR count). The van der Waals surface area contributed by atoms with Crippen LogP contribution in [0.1, 0.15) is 51.4 Å². The summed E-state index contributed by atoms with van der Waals surface area (Å²) in [6.07, 6.45) is 7.08. The Bertz CT molecular complexity index is 424. The van der Waals surface area contributed by atoms with Gasteiger partial charge in [0, 0.05) is 13.0 Å². The first-order chi connectivity index (χ1) is 10.1. The molecule has 5 nitrogen and oxygen atoms in total. The molecular formula is C15H28N2O3S. The van der Waals surface area contributed by atoms with Crippen molar-refractivity contribution in [3.63, 3.8) is 0 Å². The Morgan fingerprint density at radius 2 is 1.90 bits per heavy atom. The first-order valence-electron chi connectivity index (χ1n) is 8.27. The third-order valence-corrected chi connectivity index (χ3v) is 6.96. The van der Waals surface area contributed by atoms with Gasteiger partial charge in [0.1, 0.15) is 0 Å². The van der Waals surface area contributed by atoms with Crippen LogP contribution in [0.4, 0.5) is 0 Å². The smallest absolute Gasteiger partial charge is 0.221 e. The summed E-state index contributed by atoms with van der Waals surface area (Å²) in [5.41, 5.74) is 0. The van der Waals surface area contributed by atoms with E-state index in [9.17, 15) is 13.2 Å². The van der Waals surface area contributed by atoms with Gasteiger partial charge in [-0.05, 0) is 51.1 Å². The summed E-state index contributed by atoms with van der Waals surface area (Å²) in [5, 5.41) is 6.02. The van der Waals surface area contributed by atoms with E-state index >= 15 is 0 Å². The lowest BCUT2D eigenvalue weighted by Crippen LogP contribution is -2.34. The maximum absolute atomic E-state index is 12.1. The molecule has 122 valence electrons. The molecule has 0 bridgehead atoms. The number of carbonyl (C=O) groups is 1. The van der Waals surface area contributed by atoms with Crippen LogP contribution < -0.4 is 10.6 Å². The number of rotatable bonds is 7. The first-order valence-corrected chi connectivity index (χ1v) is 9.98. The van der Waals surface area contributed by atoms with Crippen LogP contribution >= 0.6 is 0 Å². The molecule has 1 heterocycles. The monoisotopic (exact) mass is 316 g/mol. The van der Waals surface area contributed by atoms with E-state index in [1.807, 2.05) is 0 Å². The minimum Gasteiger partial charge on any atom is -0.356 e. The van der Waals surface area contributed by atoms with Crippen LogP contribution in [0.15, 0.2) is 0 Å². The largest absolute Gasteiger partial charge is 0.356 e. The van der Waals surface area contributed by atoms with Crippen LogP contribution in [0.5, 0.6) is 0 Å².